The van der Waals surface area contributed by atoms with Crippen LogP contribution in [0.5, 0.6) is 11.5 Å². The van der Waals surface area contributed by atoms with Crippen molar-refractivity contribution >= 4 is 34.4 Å². The smallest absolute Gasteiger partial charge is 0.334 e. The molecule has 0 radical (unpaired) electrons. The van der Waals surface area contributed by atoms with Crippen molar-refractivity contribution in [3.8, 4) is 11.5 Å². The molecule has 0 aromatic heterocycles. The van der Waals surface area contributed by atoms with Crippen LogP contribution in [-0.2, 0) is 77.8 Å². The molecule has 0 fully saturated rings. The summed E-state index contributed by atoms with van der Waals surface area (Å²) in [5, 5.41) is 72.6. The minimum absolute atomic E-state index is 0.167. The number of aromatic hydroxyl groups is 2. The van der Waals surface area contributed by atoms with Crippen LogP contribution in [0.3, 0.4) is 0 Å². The van der Waals surface area contributed by atoms with E-state index in [1.165, 1.54) is 293 Å². The van der Waals surface area contributed by atoms with E-state index in [9.17, 15) is 30.6 Å². The Balaban J connectivity index is 0.00000118. The highest BCUT2D eigenvalue weighted by atomic mass is 31.2. The van der Waals surface area contributed by atoms with Gasteiger partial charge in [0.05, 0.1) is 25.2 Å². The van der Waals surface area contributed by atoms with Gasteiger partial charge in [-0.05, 0) is 157 Å². The Labute approximate surface area is 789 Å². The van der Waals surface area contributed by atoms with Crippen molar-refractivity contribution in [3.63, 3.8) is 0 Å². The van der Waals surface area contributed by atoms with Gasteiger partial charge < -0.3 is 69.8 Å². The molecule has 0 saturated carbocycles. The van der Waals surface area contributed by atoms with Gasteiger partial charge in [-0.2, -0.15) is 0 Å². The van der Waals surface area contributed by atoms with Crippen LogP contribution >= 0.6 is 34.4 Å². The molecule has 0 aliphatic carbocycles. The standard InChI is InChI=1S/C67H120O2.C41H68O4.2H4O5P2/c1-7-11-15-19-23-27-31-35-39-43-47-53-59-60(54-48-44-40-36-32-28-24-20-16-12-8-2)62(56-50-46-42-38-34-30-26-22-18-14-10-4)66(69)65(67(5,6)63-57-51-52-58-64(63)68)61(59)55-49-45-41-37-33-29-25-21-17-13-9-3;1-34(2,3)26-19-28(36(7,8)9)32(29(20-26)37(10,11)12)41(45,40(23-42,24-43)25-44)33-30(38(13,14)15)21-27(35(4,5)6)22-31(33)39(16,17)18;2*1-6(2)5-7(3)4/h51-52,57-58,68-69H,7-50,53-56H2,1-6H3;19-22,42-45H,23-25H2,1-18H3;2*1-4H. The minimum atomic E-state index is -2.61. The van der Waals surface area contributed by atoms with Gasteiger partial charge >= 0.3 is 34.4 Å². The highest BCUT2D eigenvalue weighted by Gasteiger charge is 2.58. The van der Waals surface area contributed by atoms with E-state index < -0.39 is 92.3 Å². The Morgan fingerprint density at radius 3 is 0.672 bits per heavy atom. The molecule has 14 N–H and O–H groups in total. The zero-order valence-corrected chi connectivity index (χ0v) is 89.6. The van der Waals surface area contributed by atoms with E-state index in [1.54, 1.807) is 5.56 Å². The summed E-state index contributed by atoms with van der Waals surface area (Å²) >= 11 is 0. The van der Waals surface area contributed by atoms with E-state index in [2.05, 4.69) is 211 Å². The number of unbranched alkanes of at least 4 members (excludes halogenated alkanes) is 40. The fourth-order valence-corrected chi connectivity index (χ4v) is 19.4. The van der Waals surface area contributed by atoms with Gasteiger partial charge in [0.1, 0.15) is 17.1 Å². The minimum Gasteiger partial charge on any atom is -0.508 e. The van der Waals surface area contributed by atoms with Crippen molar-refractivity contribution in [1.82, 2.24) is 0 Å². The number of hydrogen-bond acceptors (Lipinski definition) is 16. The second-order valence-corrected chi connectivity index (χ2v) is 47.3. The number of hydrogen-bond donors (Lipinski definition) is 14. The normalized spacial score (nSPS) is 12.8. The van der Waals surface area contributed by atoms with Crippen LogP contribution in [-0.4, -0.2) is 89.6 Å². The van der Waals surface area contributed by atoms with Crippen LogP contribution in [0, 0.1) is 5.41 Å². The topological polar surface area (TPSA) is 302 Å². The number of rotatable bonds is 60. The molecule has 0 spiro atoms. The molecule has 744 valence electrons. The molecule has 20 heteroatoms. The van der Waals surface area contributed by atoms with E-state index in [0.717, 1.165) is 76.6 Å². The van der Waals surface area contributed by atoms with Gasteiger partial charge in [-0.1, -0.05) is 465 Å². The third kappa shape index (κ3) is 45.3. The summed E-state index contributed by atoms with van der Waals surface area (Å²) in [7, 11) is -10.4. The van der Waals surface area contributed by atoms with Crippen LogP contribution in [0.25, 0.3) is 0 Å². The number of aliphatic hydroxyl groups excluding tert-OH is 3. The van der Waals surface area contributed by atoms with E-state index in [0.29, 0.717) is 22.6 Å². The van der Waals surface area contributed by atoms with Gasteiger partial charge in [-0.15, -0.1) is 0 Å². The Kier molecular flexibility index (Phi) is 61.8. The van der Waals surface area contributed by atoms with Gasteiger partial charge in [0.25, 0.3) is 0 Å². The first-order valence-electron chi connectivity index (χ1n) is 50.6. The average molecular weight is 1870 g/mol. The number of benzene rings is 4. The molecule has 16 nitrogen and oxygen atoms in total. The molecule has 0 unspecified atom stereocenters. The Morgan fingerprint density at radius 2 is 0.469 bits per heavy atom. The van der Waals surface area contributed by atoms with E-state index in [-0.39, 0.29) is 10.8 Å². The molecule has 4 rings (SSSR count). The summed E-state index contributed by atoms with van der Waals surface area (Å²) in [6.45, 7) is 51.1. The average Bonchev–Trinajstić information content (AvgIpc) is 0.690. The quantitative estimate of drug-likeness (QED) is 0.0144. The number of para-hydroxylation sites is 1. The van der Waals surface area contributed by atoms with Crippen molar-refractivity contribution in [2.45, 2.75) is 518 Å². The first-order valence-corrected chi connectivity index (χ1v) is 55.3. The zero-order valence-electron chi connectivity index (χ0n) is 86.0. The predicted molar refractivity (Wildman–Crippen MR) is 548 cm³/mol. The van der Waals surface area contributed by atoms with Gasteiger partial charge in [-0.3, -0.25) is 0 Å². The van der Waals surface area contributed by atoms with E-state index >= 15 is 0 Å². The van der Waals surface area contributed by atoms with E-state index in [1.807, 2.05) is 12.1 Å². The molecule has 0 atom stereocenters. The number of phenols is 2. The first-order chi connectivity index (χ1) is 59.9. The van der Waals surface area contributed by atoms with Crippen LogP contribution in [0.1, 0.15) is 527 Å². The highest BCUT2D eigenvalue weighted by molar-refractivity contribution is 7.53. The lowest BCUT2D eigenvalue weighted by molar-refractivity contribution is -0.138. The molecule has 0 heterocycles. The highest BCUT2D eigenvalue weighted by Crippen LogP contribution is 2.58. The van der Waals surface area contributed by atoms with Gasteiger partial charge in [0, 0.05) is 16.5 Å². The van der Waals surface area contributed by atoms with Crippen LogP contribution in [0.2, 0.25) is 0 Å². The maximum absolute atomic E-state index is 14.1. The van der Waals surface area contributed by atoms with Crippen LogP contribution in [0.15, 0.2) is 48.5 Å². The maximum atomic E-state index is 14.1. The van der Waals surface area contributed by atoms with Gasteiger partial charge in [0.15, 0.2) is 0 Å². The fourth-order valence-electron chi connectivity index (χ4n) is 18.3. The Hall–Kier alpha value is -2.36. The third-order valence-corrected chi connectivity index (χ3v) is 28.5. The second-order valence-electron chi connectivity index (χ2n) is 44.0. The molecule has 128 heavy (non-hydrogen) atoms. The molecular formula is C108H196O16P4. The molecule has 4 aromatic carbocycles. The van der Waals surface area contributed by atoms with Crippen molar-refractivity contribution in [2.75, 3.05) is 19.8 Å². The summed E-state index contributed by atoms with van der Waals surface area (Å²) < 4.78 is 7.20. The summed E-state index contributed by atoms with van der Waals surface area (Å²) in [5.74, 6) is 0.931. The van der Waals surface area contributed by atoms with Crippen LogP contribution in [0.4, 0.5) is 0 Å². The predicted octanol–water partition coefficient (Wildman–Crippen LogP) is 30.4. The second kappa shape index (κ2) is 63.9. The lowest BCUT2D eigenvalue weighted by atomic mass is 9.55. The zero-order chi connectivity index (χ0) is 97.2. The summed E-state index contributed by atoms with van der Waals surface area (Å²) in [4.78, 5) is 62.5. The largest absolute Gasteiger partial charge is 0.508 e. The van der Waals surface area contributed by atoms with Gasteiger partial charge in [0.2, 0.25) is 0 Å². The molecule has 0 amide bonds. The number of aliphatic hydroxyl groups is 4. The maximum Gasteiger partial charge on any atom is 0.334 e. The third-order valence-electron chi connectivity index (χ3n) is 26.2. The van der Waals surface area contributed by atoms with E-state index in [4.69, 9.17) is 39.1 Å². The summed E-state index contributed by atoms with van der Waals surface area (Å²) in [5.41, 5.74) is 9.15. The van der Waals surface area contributed by atoms with Gasteiger partial charge in [-0.25, -0.2) is 8.62 Å². The molecular weight excluding hydrogens is 1680 g/mol. The first kappa shape index (κ1) is 124. The van der Waals surface area contributed by atoms with Crippen molar-refractivity contribution in [1.29, 1.82) is 0 Å². The number of phenolic OH excluding ortho intramolecular Hbond substituents is 2. The summed E-state index contributed by atoms with van der Waals surface area (Å²) in [6, 6.07) is 16.9. The SMILES string of the molecule is CC(C)(C)c1cc(C(C)(C)C)c(C(O)(c2c(C(C)(C)C)cc(C(C)(C)C)cc2C(C)(C)C)C(CO)(CO)CO)c(C(C)(C)C)c1.CCCCCCCCCCCCCc1c(O)c(C(C)(C)c2ccccc2O)c(CCCCCCCCCCCCC)c(CCCCCCCCCCCCC)c1CCCCCCCCCCCCC.OP(O)OP(O)O.OP(O)OP(O)O. The molecule has 0 aliphatic heterocycles. The molecule has 0 aliphatic rings. The Bertz CT molecular complexity index is 3350. The Morgan fingerprint density at radius 1 is 0.258 bits per heavy atom. The lowest BCUT2D eigenvalue weighted by Crippen LogP contribution is -2.57. The lowest BCUT2D eigenvalue weighted by Gasteiger charge is -2.52. The monoisotopic (exact) mass is 1870 g/mol. The fraction of sp³-hybridized carbons (Fsp3) is 0.778. The van der Waals surface area contributed by atoms with Crippen molar-refractivity contribution < 1.29 is 78.4 Å². The molecule has 0 bridgehead atoms. The summed E-state index contributed by atoms with van der Waals surface area (Å²) in [6.07, 6.45) is 63.8. The molecule has 4 aromatic rings. The molecule has 0 saturated heterocycles. The van der Waals surface area contributed by atoms with Crippen molar-refractivity contribution in [3.05, 3.63) is 126 Å². The van der Waals surface area contributed by atoms with Crippen LogP contribution < -0.4 is 0 Å². The van der Waals surface area contributed by atoms with Crippen molar-refractivity contribution in [2.24, 2.45) is 5.41 Å².